The average Bonchev–Trinajstić information content (AvgIpc) is 2.62. The summed E-state index contributed by atoms with van der Waals surface area (Å²) in [6, 6.07) is 4.46. The molecular weight excluding hydrogens is 332 g/mol. The van der Waals surface area contributed by atoms with E-state index in [1.807, 2.05) is 6.92 Å². The van der Waals surface area contributed by atoms with Gasteiger partial charge in [0.25, 0.3) is 5.91 Å². The van der Waals surface area contributed by atoms with Crippen LogP contribution < -0.4 is 10.1 Å². The summed E-state index contributed by atoms with van der Waals surface area (Å²) in [4.78, 5) is 12.2. The third-order valence-electron chi connectivity index (χ3n) is 3.83. The SMILES string of the molecule is CCCCNC(=O)c1ccc(OC)c(S(=O)(=O)N2CCOCC2)c1. The van der Waals surface area contributed by atoms with Crippen molar-refractivity contribution in [1.82, 2.24) is 9.62 Å². The molecule has 1 aromatic rings. The molecule has 1 N–H and O–H groups in total. The number of methoxy groups -OCH3 is 1. The normalized spacial score (nSPS) is 15.9. The molecule has 0 aromatic heterocycles. The highest BCUT2D eigenvalue weighted by Crippen LogP contribution is 2.28. The first-order chi connectivity index (χ1) is 11.5. The Bertz CT molecular complexity index is 669. The van der Waals surface area contributed by atoms with E-state index in [-0.39, 0.29) is 16.6 Å². The van der Waals surface area contributed by atoms with Gasteiger partial charge in [-0.25, -0.2) is 8.42 Å². The second-order valence-electron chi connectivity index (χ2n) is 5.49. The quantitative estimate of drug-likeness (QED) is 0.743. The summed E-state index contributed by atoms with van der Waals surface area (Å²) in [7, 11) is -2.33. The number of amides is 1. The van der Waals surface area contributed by atoms with Gasteiger partial charge in [0.2, 0.25) is 10.0 Å². The lowest BCUT2D eigenvalue weighted by Crippen LogP contribution is -2.40. The Hall–Kier alpha value is -1.64. The zero-order valence-corrected chi connectivity index (χ0v) is 14.9. The Morgan fingerprint density at radius 2 is 2.04 bits per heavy atom. The number of benzene rings is 1. The number of ether oxygens (including phenoxy) is 2. The number of carbonyl (C=O) groups is 1. The minimum absolute atomic E-state index is 0.00930. The van der Waals surface area contributed by atoms with Crippen LogP contribution in [-0.4, -0.2) is 58.6 Å². The molecule has 0 bridgehead atoms. The van der Waals surface area contributed by atoms with E-state index in [0.717, 1.165) is 12.8 Å². The summed E-state index contributed by atoms with van der Waals surface area (Å²) in [5.74, 6) is -0.0591. The molecule has 1 heterocycles. The van der Waals surface area contributed by atoms with Crippen LogP contribution >= 0.6 is 0 Å². The van der Waals surface area contributed by atoms with E-state index >= 15 is 0 Å². The Labute approximate surface area is 143 Å². The number of nitrogens with zero attached hydrogens (tertiary/aromatic N) is 1. The Balaban J connectivity index is 2.30. The van der Waals surface area contributed by atoms with Gasteiger partial charge in [-0.3, -0.25) is 4.79 Å². The van der Waals surface area contributed by atoms with Crippen LogP contribution in [0.15, 0.2) is 23.1 Å². The molecule has 0 aliphatic carbocycles. The van der Waals surface area contributed by atoms with Gasteiger partial charge >= 0.3 is 0 Å². The van der Waals surface area contributed by atoms with Crippen molar-refractivity contribution in [3.63, 3.8) is 0 Å². The van der Waals surface area contributed by atoms with Gasteiger partial charge in [-0.2, -0.15) is 4.31 Å². The van der Waals surface area contributed by atoms with Crippen molar-refractivity contribution < 1.29 is 22.7 Å². The third-order valence-corrected chi connectivity index (χ3v) is 5.75. The summed E-state index contributed by atoms with van der Waals surface area (Å²) < 4.78 is 37.5. The molecule has 1 amide bonds. The molecule has 24 heavy (non-hydrogen) atoms. The first-order valence-electron chi connectivity index (χ1n) is 8.05. The highest BCUT2D eigenvalue weighted by atomic mass is 32.2. The molecule has 0 unspecified atom stereocenters. The molecule has 0 radical (unpaired) electrons. The standard InChI is InChI=1S/C16H24N2O5S/c1-3-4-7-17-16(19)13-5-6-14(22-2)15(12-13)24(20,21)18-8-10-23-11-9-18/h5-6,12H,3-4,7-11H2,1-2H3,(H,17,19). The minimum Gasteiger partial charge on any atom is -0.495 e. The summed E-state index contributed by atoms with van der Waals surface area (Å²) in [5.41, 5.74) is 0.304. The maximum Gasteiger partial charge on any atom is 0.251 e. The zero-order valence-electron chi connectivity index (χ0n) is 14.1. The van der Waals surface area contributed by atoms with Crippen LogP contribution in [0.1, 0.15) is 30.1 Å². The molecule has 0 spiro atoms. The monoisotopic (exact) mass is 356 g/mol. The predicted octanol–water partition coefficient (Wildman–Crippen LogP) is 1.25. The van der Waals surface area contributed by atoms with Gasteiger partial charge in [0.05, 0.1) is 20.3 Å². The van der Waals surface area contributed by atoms with Gasteiger partial charge in [0.15, 0.2) is 0 Å². The van der Waals surface area contributed by atoms with Crippen LogP contribution in [0.2, 0.25) is 0 Å². The number of unbranched alkanes of at least 4 members (excludes halogenated alkanes) is 1. The highest BCUT2D eigenvalue weighted by Gasteiger charge is 2.30. The summed E-state index contributed by atoms with van der Waals surface area (Å²) in [5, 5.41) is 2.79. The summed E-state index contributed by atoms with van der Waals surface area (Å²) >= 11 is 0. The van der Waals surface area contributed by atoms with E-state index in [0.29, 0.717) is 38.4 Å². The van der Waals surface area contributed by atoms with Gasteiger partial charge in [-0.05, 0) is 24.6 Å². The Morgan fingerprint density at radius 3 is 2.67 bits per heavy atom. The molecule has 1 aromatic carbocycles. The van der Waals surface area contributed by atoms with Crippen molar-refractivity contribution in [2.75, 3.05) is 40.0 Å². The van der Waals surface area contributed by atoms with Crippen LogP contribution in [-0.2, 0) is 14.8 Å². The molecule has 0 atom stereocenters. The number of sulfonamides is 1. The number of rotatable bonds is 7. The molecular formula is C16H24N2O5S. The number of hydrogen-bond donors (Lipinski definition) is 1. The van der Waals surface area contributed by atoms with E-state index in [1.54, 1.807) is 6.07 Å². The lowest BCUT2D eigenvalue weighted by atomic mass is 10.2. The van der Waals surface area contributed by atoms with Crippen molar-refractivity contribution in [1.29, 1.82) is 0 Å². The van der Waals surface area contributed by atoms with Crippen molar-refractivity contribution >= 4 is 15.9 Å². The maximum absolute atomic E-state index is 12.9. The van der Waals surface area contributed by atoms with Crippen molar-refractivity contribution in [2.45, 2.75) is 24.7 Å². The van der Waals surface area contributed by atoms with Gasteiger partial charge in [0.1, 0.15) is 10.6 Å². The van der Waals surface area contributed by atoms with Gasteiger partial charge in [0, 0.05) is 25.2 Å². The maximum atomic E-state index is 12.9. The first kappa shape index (κ1) is 18.7. The highest BCUT2D eigenvalue weighted by molar-refractivity contribution is 7.89. The van der Waals surface area contributed by atoms with Gasteiger partial charge in [-0.15, -0.1) is 0 Å². The lowest BCUT2D eigenvalue weighted by Gasteiger charge is -2.26. The predicted molar refractivity (Wildman–Crippen MR) is 89.8 cm³/mol. The number of hydrogen-bond acceptors (Lipinski definition) is 5. The van der Waals surface area contributed by atoms with Crippen molar-refractivity contribution in [2.24, 2.45) is 0 Å². The minimum atomic E-state index is -3.74. The lowest BCUT2D eigenvalue weighted by molar-refractivity contribution is 0.0729. The van der Waals surface area contributed by atoms with Gasteiger partial charge < -0.3 is 14.8 Å². The third kappa shape index (κ3) is 4.25. The van der Waals surface area contributed by atoms with Crippen LogP contribution in [0.25, 0.3) is 0 Å². The van der Waals surface area contributed by atoms with Crippen LogP contribution in [0.3, 0.4) is 0 Å². The Kier molecular flexibility index (Phi) is 6.59. The van der Waals surface area contributed by atoms with E-state index in [2.05, 4.69) is 5.32 Å². The molecule has 8 heteroatoms. The molecule has 1 fully saturated rings. The van der Waals surface area contributed by atoms with Crippen molar-refractivity contribution in [3.05, 3.63) is 23.8 Å². The molecule has 2 rings (SSSR count). The fourth-order valence-corrected chi connectivity index (χ4v) is 4.02. The molecule has 1 saturated heterocycles. The summed E-state index contributed by atoms with van der Waals surface area (Å²) in [6.45, 7) is 3.90. The van der Waals surface area contributed by atoms with E-state index in [9.17, 15) is 13.2 Å². The molecule has 1 aliphatic heterocycles. The fraction of sp³-hybridized carbons (Fsp3) is 0.562. The van der Waals surface area contributed by atoms with Gasteiger partial charge in [-0.1, -0.05) is 13.3 Å². The second-order valence-corrected chi connectivity index (χ2v) is 7.40. The van der Waals surface area contributed by atoms with Crippen LogP contribution in [0.4, 0.5) is 0 Å². The molecule has 1 aliphatic rings. The Morgan fingerprint density at radius 1 is 1.33 bits per heavy atom. The van der Waals surface area contributed by atoms with Crippen molar-refractivity contribution in [3.8, 4) is 5.75 Å². The fourth-order valence-electron chi connectivity index (χ4n) is 2.43. The average molecular weight is 356 g/mol. The van der Waals surface area contributed by atoms with E-state index < -0.39 is 10.0 Å². The van der Waals surface area contributed by atoms with Crippen LogP contribution in [0, 0.1) is 0 Å². The number of carbonyl (C=O) groups excluding carboxylic acids is 1. The second kappa shape index (κ2) is 8.46. The smallest absolute Gasteiger partial charge is 0.251 e. The molecule has 0 saturated carbocycles. The molecule has 7 nitrogen and oxygen atoms in total. The van der Waals surface area contributed by atoms with E-state index in [1.165, 1.54) is 23.5 Å². The first-order valence-corrected chi connectivity index (χ1v) is 9.49. The summed E-state index contributed by atoms with van der Waals surface area (Å²) in [6.07, 6.45) is 1.85. The zero-order chi connectivity index (χ0) is 17.6. The van der Waals surface area contributed by atoms with E-state index in [4.69, 9.17) is 9.47 Å². The topological polar surface area (TPSA) is 84.9 Å². The largest absolute Gasteiger partial charge is 0.495 e. The van der Waals surface area contributed by atoms with Crippen LogP contribution in [0.5, 0.6) is 5.75 Å². The number of nitrogens with one attached hydrogen (secondary N) is 1. The molecule has 134 valence electrons. The number of morpholine rings is 1.